The van der Waals surface area contributed by atoms with E-state index in [9.17, 15) is 9.59 Å². The summed E-state index contributed by atoms with van der Waals surface area (Å²) in [7, 11) is 0. The fraction of sp³-hybridized carbons (Fsp3) is 0.556. The van der Waals surface area contributed by atoms with Crippen LogP contribution in [0, 0.1) is 0 Å². The van der Waals surface area contributed by atoms with E-state index < -0.39 is 0 Å². The number of nitrogens with zero attached hydrogens (tertiary/aromatic N) is 1. The second-order valence-electron chi connectivity index (χ2n) is 3.23. The molecule has 1 aromatic heterocycles. The average Bonchev–Trinajstić information content (AvgIpc) is 2.08. The summed E-state index contributed by atoms with van der Waals surface area (Å²) < 4.78 is 1.51. The van der Waals surface area contributed by atoms with Gasteiger partial charge in [0.1, 0.15) is 0 Å². The van der Waals surface area contributed by atoms with Gasteiger partial charge in [-0.15, -0.1) is 0 Å². The zero-order chi connectivity index (χ0) is 10.6. The predicted molar refractivity (Wildman–Crippen MR) is 58.9 cm³/mol. The summed E-state index contributed by atoms with van der Waals surface area (Å²) in [4.78, 5) is 24.6. The quantitative estimate of drug-likeness (QED) is 0.825. The first-order valence-electron chi connectivity index (χ1n) is 4.53. The molecule has 1 aromatic rings. The van der Waals surface area contributed by atoms with Crippen LogP contribution in [0.15, 0.2) is 21.9 Å². The Labute approximate surface area is 90.1 Å². The normalized spacial score (nSPS) is 12.7. The van der Waals surface area contributed by atoms with E-state index in [2.05, 4.69) is 27.8 Å². The molecular formula is C9H13BrN2O2. The number of rotatable bonds is 4. The number of aromatic amines is 1. The number of alkyl halides is 1. The molecule has 5 heteroatoms. The van der Waals surface area contributed by atoms with Crippen molar-refractivity contribution in [2.45, 2.75) is 31.1 Å². The topological polar surface area (TPSA) is 54.9 Å². The van der Waals surface area contributed by atoms with Crippen molar-refractivity contribution in [1.82, 2.24) is 9.55 Å². The van der Waals surface area contributed by atoms with Crippen molar-refractivity contribution in [2.24, 2.45) is 0 Å². The van der Waals surface area contributed by atoms with Crippen LogP contribution in [0.3, 0.4) is 0 Å². The number of nitrogens with one attached hydrogen (secondary N) is 1. The third kappa shape index (κ3) is 3.49. The van der Waals surface area contributed by atoms with Crippen LogP contribution < -0.4 is 11.2 Å². The SMILES string of the molecule is CC(Br)CCCn1ccc(=O)[nH]c1=O. The van der Waals surface area contributed by atoms with Crippen molar-refractivity contribution >= 4 is 15.9 Å². The molecule has 1 atom stereocenters. The van der Waals surface area contributed by atoms with Crippen LogP contribution in [-0.4, -0.2) is 14.4 Å². The van der Waals surface area contributed by atoms with Gasteiger partial charge >= 0.3 is 5.69 Å². The smallest absolute Gasteiger partial charge is 0.301 e. The fourth-order valence-electron chi connectivity index (χ4n) is 1.16. The lowest BCUT2D eigenvalue weighted by atomic mass is 10.2. The number of aryl methyl sites for hydroxylation is 1. The highest BCUT2D eigenvalue weighted by Gasteiger charge is 1.98. The van der Waals surface area contributed by atoms with Crippen molar-refractivity contribution in [3.8, 4) is 0 Å². The van der Waals surface area contributed by atoms with Gasteiger partial charge in [-0.1, -0.05) is 22.9 Å². The molecular weight excluding hydrogens is 248 g/mol. The van der Waals surface area contributed by atoms with Crippen LogP contribution >= 0.6 is 15.9 Å². The van der Waals surface area contributed by atoms with Crippen molar-refractivity contribution in [3.63, 3.8) is 0 Å². The summed E-state index contributed by atoms with van der Waals surface area (Å²) in [5.74, 6) is 0. The Bertz CT molecular complexity index is 394. The van der Waals surface area contributed by atoms with Crippen molar-refractivity contribution in [1.29, 1.82) is 0 Å². The van der Waals surface area contributed by atoms with Crippen LogP contribution in [-0.2, 0) is 6.54 Å². The Morgan fingerprint density at radius 3 is 2.86 bits per heavy atom. The first-order chi connectivity index (χ1) is 6.59. The summed E-state index contributed by atoms with van der Waals surface area (Å²) in [5.41, 5.74) is -0.681. The second-order valence-corrected chi connectivity index (χ2v) is 4.79. The summed E-state index contributed by atoms with van der Waals surface area (Å²) >= 11 is 3.43. The number of aromatic nitrogens is 2. The van der Waals surface area contributed by atoms with Gasteiger partial charge < -0.3 is 4.57 Å². The molecule has 0 amide bonds. The van der Waals surface area contributed by atoms with Gasteiger partial charge in [0, 0.05) is 23.6 Å². The summed E-state index contributed by atoms with van der Waals surface area (Å²) in [5, 5.41) is 0. The summed E-state index contributed by atoms with van der Waals surface area (Å²) in [6, 6.07) is 1.36. The summed E-state index contributed by atoms with van der Waals surface area (Å²) in [6.07, 6.45) is 3.45. The molecule has 1 N–H and O–H groups in total. The molecule has 0 aliphatic heterocycles. The predicted octanol–water partition coefficient (Wildman–Crippen LogP) is 1.10. The summed E-state index contributed by atoms with van der Waals surface area (Å²) in [6.45, 7) is 2.71. The zero-order valence-electron chi connectivity index (χ0n) is 8.00. The number of H-pyrrole nitrogens is 1. The van der Waals surface area contributed by atoms with Gasteiger partial charge in [-0.2, -0.15) is 0 Å². The maximum Gasteiger partial charge on any atom is 0.328 e. The first kappa shape index (κ1) is 11.2. The van der Waals surface area contributed by atoms with E-state index in [-0.39, 0.29) is 11.2 Å². The Kier molecular flexibility index (Phi) is 4.13. The molecule has 0 spiro atoms. The van der Waals surface area contributed by atoms with Crippen LogP contribution in [0.2, 0.25) is 0 Å². The molecule has 0 bridgehead atoms. The number of hydrogen-bond acceptors (Lipinski definition) is 2. The van der Waals surface area contributed by atoms with Gasteiger partial charge in [-0.3, -0.25) is 9.78 Å². The average molecular weight is 261 g/mol. The van der Waals surface area contributed by atoms with Crippen LogP contribution in [0.4, 0.5) is 0 Å². The highest BCUT2D eigenvalue weighted by atomic mass is 79.9. The molecule has 0 fully saturated rings. The van der Waals surface area contributed by atoms with Gasteiger partial charge in [-0.25, -0.2) is 4.79 Å². The Morgan fingerprint density at radius 1 is 1.57 bits per heavy atom. The maximum atomic E-state index is 11.2. The Morgan fingerprint density at radius 2 is 2.29 bits per heavy atom. The van der Waals surface area contributed by atoms with Crippen molar-refractivity contribution < 1.29 is 0 Å². The largest absolute Gasteiger partial charge is 0.328 e. The molecule has 4 nitrogen and oxygen atoms in total. The second kappa shape index (κ2) is 5.14. The molecule has 78 valence electrons. The zero-order valence-corrected chi connectivity index (χ0v) is 9.58. The standard InChI is InChI=1S/C9H13BrN2O2/c1-7(10)3-2-5-12-6-4-8(13)11-9(12)14/h4,6-7H,2-3,5H2,1H3,(H,11,13,14). The van der Waals surface area contributed by atoms with Gasteiger partial charge in [-0.05, 0) is 12.8 Å². The van der Waals surface area contributed by atoms with E-state index in [0.717, 1.165) is 12.8 Å². The molecule has 0 radical (unpaired) electrons. The molecule has 0 saturated heterocycles. The number of halogens is 1. The minimum atomic E-state index is -0.347. The molecule has 0 aliphatic carbocycles. The lowest BCUT2D eigenvalue weighted by Crippen LogP contribution is -2.28. The van der Waals surface area contributed by atoms with Crippen LogP contribution in [0.5, 0.6) is 0 Å². The van der Waals surface area contributed by atoms with E-state index in [1.54, 1.807) is 0 Å². The van der Waals surface area contributed by atoms with Crippen LogP contribution in [0.1, 0.15) is 19.8 Å². The van der Waals surface area contributed by atoms with Gasteiger partial charge in [0.15, 0.2) is 0 Å². The fourth-order valence-corrected chi connectivity index (χ4v) is 1.49. The van der Waals surface area contributed by atoms with Crippen LogP contribution in [0.25, 0.3) is 0 Å². The van der Waals surface area contributed by atoms with Gasteiger partial charge in [0.2, 0.25) is 0 Å². The van der Waals surface area contributed by atoms with Crippen molar-refractivity contribution in [3.05, 3.63) is 33.1 Å². The molecule has 1 unspecified atom stereocenters. The van der Waals surface area contributed by atoms with Gasteiger partial charge in [0.25, 0.3) is 5.56 Å². The van der Waals surface area contributed by atoms with E-state index in [1.165, 1.54) is 16.8 Å². The first-order valence-corrected chi connectivity index (χ1v) is 5.45. The molecule has 0 aromatic carbocycles. The highest BCUT2D eigenvalue weighted by molar-refractivity contribution is 9.09. The van der Waals surface area contributed by atoms with E-state index in [0.29, 0.717) is 11.4 Å². The minimum absolute atomic E-state index is 0.334. The molecule has 1 heterocycles. The molecule has 1 rings (SSSR count). The minimum Gasteiger partial charge on any atom is -0.301 e. The number of hydrogen-bond donors (Lipinski definition) is 1. The van der Waals surface area contributed by atoms with E-state index in [4.69, 9.17) is 0 Å². The lowest BCUT2D eigenvalue weighted by Gasteiger charge is -2.05. The lowest BCUT2D eigenvalue weighted by molar-refractivity contribution is 0.581. The van der Waals surface area contributed by atoms with E-state index >= 15 is 0 Å². The van der Waals surface area contributed by atoms with Crippen molar-refractivity contribution in [2.75, 3.05) is 0 Å². The molecule has 0 saturated carbocycles. The monoisotopic (exact) mass is 260 g/mol. The maximum absolute atomic E-state index is 11.2. The molecule has 14 heavy (non-hydrogen) atoms. The Balaban J connectivity index is 2.60. The Hall–Kier alpha value is -0.840. The van der Waals surface area contributed by atoms with Gasteiger partial charge in [0.05, 0.1) is 0 Å². The van der Waals surface area contributed by atoms with E-state index in [1.807, 2.05) is 0 Å². The third-order valence-electron chi connectivity index (χ3n) is 1.90. The highest BCUT2D eigenvalue weighted by Crippen LogP contribution is 2.06. The third-order valence-corrected chi connectivity index (χ3v) is 2.36. The molecule has 0 aliphatic rings.